The number of primary amides is 1. The smallest absolute Gasteiger partial charge is 0.243 e. The molecule has 8 nitrogen and oxygen atoms in total. The quantitative estimate of drug-likeness (QED) is 0.758. The molecule has 0 unspecified atom stereocenters. The zero-order valence-electron chi connectivity index (χ0n) is 8.57. The number of nitrogens with two attached hydrogens (primary N) is 1. The van der Waals surface area contributed by atoms with Crippen LogP contribution >= 0.6 is 0 Å². The molecule has 2 aromatic heterocycles. The van der Waals surface area contributed by atoms with E-state index in [1.165, 1.54) is 24.7 Å². The highest BCUT2D eigenvalue weighted by Gasteiger charge is 2.23. The highest BCUT2D eigenvalue weighted by atomic mass is 16.5. The van der Waals surface area contributed by atoms with Crippen LogP contribution in [0, 0.1) is 0 Å². The molecule has 2 rings (SSSR count). The average molecular weight is 236 g/mol. The molecule has 0 radical (unpaired) electrons. The summed E-state index contributed by atoms with van der Waals surface area (Å²) in [6.07, 6.45) is 2.12. The van der Waals surface area contributed by atoms with Crippen LogP contribution in [0.3, 0.4) is 0 Å². The molecule has 0 spiro atoms. The number of amides is 2. The SMILES string of the molecule is NC(=O)CC(=O)N(c1ccon1)c1ccon1. The predicted molar refractivity (Wildman–Crippen MR) is 54.0 cm³/mol. The van der Waals surface area contributed by atoms with Gasteiger partial charge in [-0.1, -0.05) is 10.3 Å². The van der Waals surface area contributed by atoms with Gasteiger partial charge in [-0.2, -0.15) is 0 Å². The first-order chi connectivity index (χ1) is 8.18. The van der Waals surface area contributed by atoms with Crippen molar-refractivity contribution in [2.24, 2.45) is 5.73 Å². The van der Waals surface area contributed by atoms with Crippen LogP contribution in [0.15, 0.2) is 33.7 Å². The Hall–Kier alpha value is -2.64. The molecule has 17 heavy (non-hydrogen) atoms. The van der Waals surface area contributed by atoms with Crippen molar-refractivity contribution < 1.29 is 18.6 Å². The second-order valence-corrected chi connectivity index (χ2v) is 3.09. The molecular weight excluding hydrogens is 228 g/mol. The minimum atomic E-state index is -0.744. The fraction of sp³-hybridized carbons (Fsp3) is 0.111. The highest BCUT2D eigenvalue weighted by Crippen LogP contribution is 2.22. The van der Waals surface area contributed by atoms with Gasteiger partial charge in [0.05, 0.1) is 0 Å². The molecule has 0 atom stereocenters. The van der Waals surface area contributed by atoms with Gasteiger partial charge in [-0.15, -0.1) is 0 Å². The number of anilines is 2. The van der Waals surface area contributed by atoms with Gasteiger partial charge in [-0.3, -0.25) is 9.59 Å². The molecule has 0 aromatic carbocycles. The van der Waals surface area contributed by atoms with Crippen LogP contribution < -0.4 is 10.6 Å². The number of carbonyl (C=O) groups is 2. The summed E-state index contributed by atoms with van der Waals surface area (Å²) >= 11 is 0. The summed E-state index contributed by atoms with van der Waals surface area (Å²) in [7, 11) is 0. The average Bonchev–Trinajstić information content (AvgIpc) is 2.88. The van der Waals surface area contributed by atoms with E-state index in [2.05, 4.69) is 19.4 Å². The summed E-state index contributed by atoms with van der Waals surface area (Å²) in [5, 5.41) is 7.19. The minimum absolute atomic E-state index is 0.199. The van der Waals surface area contributed by atoms with Crippen molar-refractivity contribution in [2.75, 3.05) is 4.90 Å². The molecule has 2 heterocycles. The molecule has 0 fully saturated rings. The second-order valence-electron chi connectivity index (χ2n) is 3.09. The predicted octanol–water partition coefficient (Wildman–Crippen LogP) is 0.203. The van der Waals surface area contributed by atoms with E-state index in [1.807, 2.05) is 0 Å². The zero-order valence-corrected chi connectivity index (χ0v) is 8.57. The Balaban J connectivity index is 2.32. The Morgan fingerprint density at radius 1 is 1.18 bits per heavy atom. The van der Waals surface area contributed by atoms with Crippen molar-refractivity contribution in [3.8, 4) is 0 Å². The number of nitrogens with zero attached hydrogens (tertiary/aromatic N) is 3. The number of rotatable bonds is 4. The van der Waals surface area contributed by atoms with Crippen molar-refractivity contribution in [1.29, 1.82) is 0 Å². The molecule has 0 bridgehead atoms. The van der Waals surface area contributed by atoms with Crippen LogP contribution in [0.25, 0.3) is 0 Å². The molecule has 0 aliphatic rings. The normalized spacial score (nSPS) is 10.1. The van der Waals surface area contributed by atoms with E-state index >= 15 is 0 Å². The topological polar surface area (TPSA) is 115 Å². The van der Waals surface area contributed by atoms with E-state index in [4.69, 9.17) is 5.73 Å². The molecule has 88 valence electrons. The van der Waals surface area contributed by atoms with Gasteiger partial charge in [-0.25, -0.2) is 4.90 Å². The first-order valence-electron chi connectivity index (χ1n) is 4.60. The molecule has 2 amide bonds. The van der Waals surface area contributed by atoms with Crippen LogP contribution in [0.2, 0.25) is 0 Å². The van der Waals surface area contributed by atoms with E-state index in [0.29, 0.717) is 0 Å². The molecule has 0 saturated carbocycles. The van der Waals surface area contributed by atoms with E-state index in [0.717, 1.165) is 4.90 Å². The van der Waals surface area contributed by atoms with Gasteiger partial charge in [-0.05, 0) is 0 Å². The van der Waals surface area contributed by atoms with E-state index < -0.39 is 18.2 Å². The first-order valence-corrected chi connectivity index (χ1v) is 4.60. The Bertz CT molecular complexity index is 471. The molecule has 0 saturated heterocycles. The van der Waals surface area contributed by atoms with Gasteiger partial charge in [0.25, 0.3) is 0 Å². The summed E-state index contributed by atoms with van der Waals surface area (Å²) in [6.45, 7) is 0. The first kappa shape index (κ1) is 10.9. The lowest BCUT2D eigenvalue weighted by atomic mass is 10.3. The van der Waals surface area contributed by atoms with Gasteiger partial charge >= 0.3 is 0 Å². The number of hydrogen-bond acceptors (Lipinski definition) is 6. The third kappa shape index (κ3) is 2.30. The van der Waals surface area contributed by atoms with Crippen LogP contribution in [-0.4, -0.2) is 22.1 Å². The number of aromatic nitrogens is 2. The summed E-state index contributed by atoms with van der Waals surface area (Å²) < 4.78 is 9.26. The lowest BCUT2D eigenvalue weighted by Crippen LogP contribution is -2.30. The largest absolute Gasteiger partial charge is 0.369 e. The zero-order chi connectivity index (χ0) is 12.3. The van der Waals surface area contributed by atoms with Crippen LogP contribution in [0.1, 0.15) is 6.42 Å². The third-order valence-electron chi connectivity index (χ3n) is 1.88. The fourth-order valence-electron chi connectivity index (χ4n) is 1.24. The van der Waals surface area contributed by atoms with Crippen molar-refractivity contribution >= 4 is 23.5 Å². The van der Waals surface area contributed by atoms with Gasteiger partial charge in [0.1, 0.15) is 18.9 Å². The minimum Gasteiger partial charge on any atom is -0.369 e. The van der Waals surface area contributed by atoms with Crippen molar-refractivity contribution in [3.05, 3.63) is 24.7 Å². The standard InChI is InChI=1S/C9H8N4O4/c10-6(14)5-9(15)13(7-1-3-16-11-7)8-2-4-17-12-8/h1-4H,5H2,(H2,10,14). The number of carbonyl (C=O) groups excluding carboxylic acids is 2. The maximum Gasteiger partial charge on any atom is 0.243 e. The molecular formula is C9H8N4O4. The molecule has 0 aliphatic heterocycles. The van der Waals surface area contributed by atoms with Crippen molar-refractivity contribution in [2.45, 2.75) is 6.42 Å². The third-order valence-corrected chi connectivity index (χ3v) is 1.88. The van der Waals surface area contributed by atoms with E-state index in [-0.39, 0.29) is 11.6 Å². The maximum atomic E-state index is 11.8. The Labute approximate surface area is 94.9 Å². The van der Waals surface area contributed by atoms with Crippen molar-refractivity contribution in [1.82, 2.24) is 10.3 Å². The molecule has 0 aliphatic carbocycles. The van der Waals surface area contributed by atoms with E-state index in [1.54, 1.807) is 0 Å². The Morgan fingerprint density at radius 2 is 1.71 bits per heavy atom. The van der Waals surface area contributed by atoms with Crippen molar-refractivity contribution in [3.63, 3.8) is 0 Å². The highest BCUT2D eigenvalue weighted by molar-refractivity contribution is 6.07. The van der Waals surface area contributed by atoms with Crippen LogP contribution in [0.5, 0.6) is 0 Å². The van der Waals surface area contributed by atoms with Gasteiger partial charge in [0.15, 0.2) is 11.6 Å². The summed E-state index contributed by atoms with van der Waals surface area (Å²) in [4.78, 5) is 23.6. The lowest BCUT2D eigenvalue weighted by molar-refractivity contribution is -0.125. The van der Waals surface area contributed by atoms with Crippen LogP contribution in [-0.2, 0) is 9.59 Å². The monoisotopic (exact) mass is 236 g/mol. The Kier molecular flexibility index (Phi) is 2.86. The molecule has 8 heteroatoms. The molecule has 2 N–H and O–H groups in total. The maximum absolute atomic E-state index is 11.8. The fourth-order valence-corrected chi connectivity index (χ4v) is 1.24. The summed E-state index contributed by atoms with van der Waals surface area (Å²) in [5.41, 5.74) is 4.96. The number of hydrogen-bond donors (Lipinski definition) is 1. The van der Waals surface area contributed by atoms with Gasteiger partial charge in [0.2, 0.25) is 11.8 Å². The second kappa shape index (κ2) is 4.47. The molecule has 2 aromatic rings. The van der Waals surface area contributed by atoms with Gasteiger partial charge < -0.3 is 14.8 Å². The van der Waals surface area contributed by atoms with Gasteiger partial charge in [0, 0.05) is 12.1 Å². The van der Waals surface area contributed by atoms with Crippen LogP contribution in [0.4, 0.5) is 11.6 Å². The lowest BCUT2D eigenvalue weighted by Gasteiger charge is -2.14. The van der Waals surface area contributed by atoms with E-state index in [9.17, 15) is 9.59 Å². The summed E-state index contributed by atoms with van der Waals surface area (Å²) in [5.74, 6) is -0.914. The Morgan fingerprint density at radius 3 is 2.06 bits per heavy atom. The summed E-state index contributed by atoms with van der Waals surface area (Å²) in [6, 6.07) is 2.90.